The number of benzene rings is 1. The number of rotatable bonds is 5. The van der Waals surface area contributed by atoms with Crippen LogP contribution in [0.4, 0.5) is 0 Å². The number of hydrogen-bond acceptors (Lipinski definition) is 2. The monoisotopic (exact) mass is 208 g/mol. The predicted molar refractivity (Wildman–Crippen MR) is 61.7 cm³/mol. The van der Waals surface area contributed by atoms with Gasteiger partial charge >= 0.3 is 0 Å². The van der Waals surface area contributed by atoms with E-state index < -0.39 is 0 Å². The van der Waals surface area contributed by atoms with Crippen molar-refractivity contribution in [3.05, 3.63) is 30.3 Å². The predicted octanol–water partition coefficient (Wildman–Crippen LogP) is 3.82. The molecule has 0 saturated carbocycles. The van der Waals surface area contributed by atoms with Crippen molar-refractivity contribution in [2.75, 3.05) is 0 Å². The summed E-state index contributed by atoms with van der Waals surface area (Å²) in [4.78, 5) is 10.7. The Kier molecular flexibility index (Phi) is 4.15. The highest BCUT2D eigenvalue weighted by atomic mass is 17.2. The Bertz CT molecular complexity index is 278. The molecular weight excluding hydrogens is 188 g/mol. The molecule has 1 aromatic carbocycles. The molecule has 0 amide bonds. The van der Waals surface area contributed by atoms with Crippen molar-refractivity contribution >= 4 is 0 Å². The summed E-state index contributed by atoms with van der Waals surface area (Å²) in [6.45, 7) is 8.42. The van der Waals surface area contributed by atoms with E-state index in [0.717, 1.165) is 12.2 Å². The lowest BCUT2D eigenvalue weighted by atomic mass is 9.97. The van der Waals surface area contributed by atoms with Crippen LogP contribution in [0.3, 0.4) is 0 Å². The summed E-state index contributed by atoms with van der Waals surface area (Å²) in [5.74, 6) is 1.34. The molecule has 0 aliphatic carbocycles. The molecule has 0 bridgehead atoms. The average Bonchev–Trinajstić information content (AvgIpc) is 2.15. The highest BCUT2D eigenvalue weighted by Gasteiger charge is 2.22. The van der Waals surface area contributed by atoms with Gasteiger partial charge in [-0.05, 0) is 38.3 Å². The third-order valence-electron chi connectivity index (χ3n) is 2.01. The van der Waals surface area contributed by atoms with E-state index in [1.54, 1.807) is 0 Å². The van der Waals surface area contributed by atoms with Crippen LogP contribution in [0.1, 0.15) is 34.1 Å². The third kappa shape index (κ3) is 4.84. The second-order valence-electron chi connectivity index (χ2n) is 4.84. The molecule has 0 unspecified atom stereocenters. The van der Waals surface area contributed by atoms with Crippen LogP contribution in [0, 0.1) is 5.92 Å². The first-order valence-electron chi connectivity index (χ1n) is 5.40. The van der Waals surface area contributed by atoms with Crippen molar-refractivity contribution in [1.82, 2.24) is 0 Å². The highest BCUT2D eigenvalue weighted by molar-refractivity contribution is 5.20. The average molecular weight is 208 g/mol. The van der Waals surface area contributed by atoms with E-state index in [9.17, 15) is 0 Å². The van der Waals surface area contributed by atoms with Crippen LogP contribution in [0.15, 0.2) is 30.3 Å². The van der Waals surface area contributed by atoms with Crippen LogP contribution >= 0.6 is 0 Å². The first-order chi connectivity index (χ1) is 6.99. The summed E-state index contributed by atoms with van der Waals surface area (Å²) in [5, 5.41) is 0. The Morgan fingerprint density at radius 3 is 2.27 bits per heavy atom. The van der Waals surface area contributed by atoms with Crippen LogP contribution in [0.2, 0.25) is 0 Å². The molecule has 0 N–H and O–H groups in total. The molecule has 0 fully saturated rings. The van der Waals surface area contributed by atoms with Crippen LogP contribution < -0.4 is 4.89 Å². The van der Waals surface area contributed by atoms with E-state index >= 15 is 0 Å². The van der Waals surface area contributed by atoms with Gasteiger partial charge in [-0.2, -0.15) is 4.89 Å². The van der Waals surface area contributed by atoms with Gasteiger partial charge in [-0.25, -0.2) is 0 Å². The molecule has 0 heterocycles. The quantitative estimate of drug-likeness (QED) is 0.541. The molecule has 1 rings (SSSR count). The molecule has 0 aromatic heterocycles. The van der Waals surface area contributed by atoms with Gasteiger partial charge in [-0.3, -0.25) is 0 Å². The first-order valence-corrected chi connectivity index (χ1v) is 5.40. The van der Waals surface area contributed by atoms with Crippen molar-refractivity contribution in [3.63, 3.8) is 0 Å². The lowest BCUT2D eigenvalue weighted by Crippen LogP contribution is -2.28. The largest absolute Gasteiger partial charge is 0.337 e. The summed E-state index contributed by atoms with van der Waals surface area (Å²) in [5.41, 5.74) is -0.246. The Balaban J connectivity index is 2.42. The summed E-state index contributed by atoms with van der Waals surface area (Å²) in [6, 6.07) is 9.56. The van der Waals surface area contributed by atoms with Crippen LogP contribution in [0.25, 0.3) is 0 Å². The minimum absolute atomic E-state index is 0.246. The Morgan fingerprint density at radius 1 is 1.13 bits per heavy atom. The second-order valence-corrected chi connectivity index (χ2v) is 4.84. The molecule has 1 aromatic rings. The van der Waals surface area contributed by atoms with Gasteiger partial charge in [0.1, 0.15) is 5.60 Å². The zero-order valence-corrected chi connectivity index (χ0v) is 9.99. The van der Waals surface area contributed by atoms with E-state index in [0.29, 0.717) is 5.92 Å². The Morgan fingerprint density at radius 2 is 1.73 bits per heavy atom. The van der Waals surface area contributed by atoms with Crippen molar-refractivity contribution in [3.8, 4) is 5.75 Å². The molecule has 0 saturated heterocycles. The summed E-state index contributed by atoms with van der Waals surface area (Å²) in [6.07, 6.45) is 0.972. The normalized spacial score (nSPS) is 11.8. The molecule has 0 atom stereocenters. The molecule has 0 aliphatic heterocycles. The smallest absolute Gasteiger partial charge is 0.165 e. The van der Waals surface area contributed by atoms with E-state index in [2.05, 4.69) is 13.8 Å². The van der Waals surface area contributed by atoms with Gasteiger partial charge in [0.25, 0.3) is 0 Å². The topological polar surface area (TPSA) is 18.5 Å². The zero-order valence-electron chi connectivity index (χ0n) is 9.99. The van der Waals surface area contributed by atoms with E-state index in [4.69, 9.17) is 9.78 Å². The maximum absolute atomic E-state index is 5.43. The van der Waals surface area contributed by atoms with E-state index in [1.165, 1.54) is 0 Å². The number of para-hydroxylation sites is 1. The fourth-order valence-electron chi connectivity index (χ4n) is 1.65. The Labute approximate surface area is 92.1 Å². The van der Waals surface area contributed by atoms with Crippen LogP contribution in [-0.2, 0) is 4.89 Å². The lowest BCUT2D eigenvalue weighted by molar-refractivity contribution is -0.284. The zero-order chi connectivity index (χ0) is 11.3. The molecule has 0 radical (unpaired) electrons. The van der Waals surface area contributed by atoms with Crippen LogP contribution in [-0.4, -0.2) is 5.60 Å². The second kappa shape index (κ2) is 5.17. The van der Waals surface area contributed by atoms with Crippen LogP contribution in [0.5, 0.6) is 5.75 Å². The van der Waals surface area contributed by atoms with Gasteiger partial charge in [0.15, 0.2) is 5.75 Å². The summed E-state index contributed by atoms with van der Waals surface area (Å²) < 4.78 is 0. The third-order valence-corrected chi connectivity index (χ3v) is 2.01. The molecule has 15 heavy (non-hydrogen) atoms. The molecule has 84 valence electrons. The highest BCUT2D eigenvalue weighted by Crippen LogP contribution is 2.21. The summed E-state index contributed by atoms with van der Waals surface area (Å²) in [7, 11) is 0. The molecular formula is C13H20O2. The lowest BCUT2D eigenvalue weighted by Gasteiger charge is -2.25. The number of hydrogen-bond donors (Lipinski definition) is 0. The van der Waals surface area contributed by atoms with E-state index in [1.807, 2.05) is 44.2 Å². The van der Waals surface area contributed by atoms with Gasteiger partial charge in [0.2, 0.25) is 0 Å². The van der Waals surface area contributed by atoms with Crippen molar-refractivity contribution < 1.29 is 9.78 Å². The van der Waals surface area contributed by atoms with Crippen molar-refractivity contribution in [2.24, 2.45) is 5.92 Å². The fraction of sp³-hybridized carbons (Fsp3) is 0.538. The standard InChI is InChI=1S/C13H20O2/c1-11(2)10-13(3,4)15-14-12-8-6-5-7-9-12/h5-9,11H,10H2,1-4H3. The van der Waals surface area contributed by atoms with Gasteiger partial charge in [0.05, 0.1) is 0 Å². The molecule has 2 heteroatoms. The van der Waals surface area contributed by atoms with E-state index in [-0.39, 0.29) is 5.60 Å². The molecule has 2 nitrogen and oxygen atoms in total. The maximum atomic E-state index is 5.43. The molecule has 0 aliphatic rings. The van der Waals surface area contributed by atoms with Gasteiger partial charge in [0, 0.05) is 0 Å². The van der Waals surface area contributed by atoms with Gasteiger partial charge in [-0.1, -0.05) is 32.0 Å². The minimum Gasteiger partial charge on any atom is -0.337 e. The SMILES string of the molecule is CC(C)CC(C)(C)OOc1ccccc1. The van der Waals surface area contributed by atoms with Crippen molar-refractivity contribution in [2.45, 2.75) is 39.7 Å². The minimum atomic E-state index is -0.246. The fourth-order valence-corrected chi connectivity index (χ4v) is 1.65. The molecule has 0 spiro atoms. The van der Waals surface area contributed by atoms with Gasteiger partial charge in [-0.15, -0.1) is 0 Å². The maximum Gasteiger partial charge on any atom is 0.165 e. The summed E-state index contributed by atoms with van der Waals surface area (Å²) >= 11 is 0. The first kappa shape index (κ1) is 12.1. The van der Waals surface area contributed by atoms with Gasteiger partial charge < -0.3 is 4.89 Å². The Hall–Kier alpha value is -1.02. The van der Waals surface area contributed by atoms with Crippen molar-refractivity contribution in [1.29, 1.82) is 0 Å².